The van der Waals surface area contributed by atoms with Crippen LogP contribution in [0.15, 0.2) is 52.3 Å². The van der Waals surface area contributed by atoms with E-state index in [1.807, 2.05) is 42.6 Å². The van der Waals surface area contributed by atoms with E-state index in [1.54, 1.807) is 11.3 Å². The molecule has 1 saturated heterocycles. The topological polar surface area (TPSA) is 49.5 Å². The highest BCUT2D eigenvalue weighted by molar-refractivity contribution is 7.13. The van der Waals surface area contributed by atoms with Gasteiger partial charge < -0.3 is 9.52 Å². The number of hydrogen-bond donors (Lipinski definition) is 1. The van der Waals surface area contributed by atoms with E-state index in [4.69, 9.17) is 9.40 Å². The number of aliphatic hydroxyl groups is 1. The number of likely N-dealkylation sites (tertiary alicyclic amines) is 1. The molecule has 0 bridgehead atoms. The maximum absolute atomic E-state index is 10.6. The van der Waals surface area contributed by atoms with E-state index < -0.39 is 0 Å². The maximum atomic E-state index is 10.6. The molecule has 1 aliphatic heterocycles. The molecular weight excluding hydrogens is 356 g/mol. The number of hydrogen-bond acceptors (Lipinski definition) is 5. The van der Waals surface area contributed by atoms with Crippen LogP contribution in [-0.2, 0) is 13.0 Å². The quantitative estimate of drug-likeness (QED) is 0.681. The molecule has 0 aliphatic carbocycles. The predicted molar refractivity (Wildman–Crippen MR) is 109 cm³/mol. The number of nitrogens with zero attached hydrogens (tertiary/aromatic N) is 2. The van der Waals surface area contributed by atoms with Crippen LogP contribution in [0.1, 0.15) is 29.9 Å². The minimum atomic E-state index is -0.256. The highest BCUT2D eigenvalue weighted by Crippen LogP contribution is 2.28. The Morgan fingerprint density at radius 1 is 1.19 bits per heavy atom. The third kappa shape index (κ3) is 4.49. The van der Waals surface area contributed by atoms with Crippen molar-refractivity contribution in [2.45, 2.75) is 38.8 Å². The van der Waals surface area contributed by atoms with Crippen LogP contribution >= 0.6 is 11.3 Å². The third-order valence-corrected chi connectivity index (χ3v) is 6.32. The lowest BCUT2D eigenvalue weighted by atomic mass is 9.88. The Kier molecular flexibility index (Phi) is 5.72. The van der Waals surface area contributed by atoms with Crippen molar-refractivity contribution in [1.29, 1.82) is 0 Å². The standard InChI is InChI=1S/C22H26N2O2S/c1-16-19(23-22(26-16)21-8-5-13-27-21)15-24-11-9-18(10-12-24)20(25)14-17-6-3-2-4-7-17/h2-8,13,18,20,25H,9-12,14-15H2,1H3. The number of piperidine rings is 1. The van der Waals surface area contributed by atoms with Gasteiger partial charge in [-0.05, 0) is 62.2 Å². The van der Waals surface area contributed by atoms with E-state index in [0.717, 1.165) is 61.1 Å². The van der Waals surface area contributed by atoms with E-state index in [0.29, 0.717) is 5.92 Å². The van der Waals surface area contributed by atoms with Crippen molar-refractivity contribution in [2.24, 2.45) is 5.92 Å². The molecule has 1 fully saturated rings. The number of thiophene rings is 1. The molecule has 0 radical (unpaired) electrons. The molecule has 3 aromatic rings. The summed E-state index contributed by atoms with van der Waals surface area (Å²) in [7, 11) is 0. The molecule has 0 spiro atoms. The molecular formula is C22H26N2O2S. The lowest BCUT2D eigenvalue weighted by molar-refractivity contribution is 0.0572. The van der Waals surface area contributed by atoms with Crippen LogP contribution in [0.4, 0.5) is 0 Å². The molecule has 1 unspecified atom stereocenters. The average molecular weight is 383 g/mol. The lowest BCUT2D eigenvalue weighted by Crippen LogP contribution is -2.38. The second-order valence-electron chi connectivity index (χ2n) is 7.37. The minimum absolute atomic E-state index is 0.256. The molecule has 1 N–H and O–H groups in total. The maximum Gasteiger partial charge on any atom is 0.236 e. The lowest BCUT2D eigenvalue weighted by Gasteiger charge is -2.34. The van der Waals surface area contributed by atoms with E-state index in [1.165, 1.54) is 5.56 Å². The van der Waals surface area contributed by atoms with Gasteiger partial charge in [0, 0.05) is 6.54 Å². The summed E-state index contributed by atoms with van der Waals surface area (Å²) in [6.45, 7) is 4.81. The molecule has 4 rings (SSSR count). The van der Waals surface area contributed by atoms with Gasteiger partial charge in [-0.25, -0.2) is 4.98 Å². The van der Waals surface area contributed by atoms with Gasteiger partial charge in [0.1, 0.15) is 5.76 Å². The Bertz CT molecular complexity index is 837. The SMILES string of the molecule is Cc1oc(-c2cccs2)nc1CN1CCC(C(O)Cc2ccccc2)CC1. The van der Waals surface area contributed by atoms with E-state index >= 15 is 0 Å². The van der Waals surface area contributed by atoms with Crippen LogP contribution in [0.3, 0.4) is 0 Å². The van der Waals surface area contributed by atoms with Crippen molar-refractivity contribution < 1.29 is 9.52 Å². The molecule has 142 valence electrons. The average Bonchev–Trinajstić information content (AvgIpc) is 3.34. The zero-order valence-corrected chi connectivity index (χ0v) is 16.5. The Morgan fingerprint density at radius 3 is 2.67 bits per heavy atom. The van der Waals surface area contributed by atoms with Gasteiger partial charge in [-0.1, -0.05) is 36.4 Å². The van der Waals surface area contributed by atoms with Gasteiger partial charge in [0.15, 0.2) is 0 Å². The van der Waals surface area contributed by atoms with E-state index in [-0.39, 0.29) is 6.10 Å². The molecule has 0 saturated carbocycles. The van der Waals surface area contributed by atoms with Crippen LogP contribution in [0.2, 0.25) is 0 Å². The van der Waals surface area contributed by atoms with Crippen LogP contribution in [0, 0.1) is 12.8 Å². The van der Waals surface area contributed by atoms with E-state index in [2.05, 4.69) is 17.0 Å². The number of benzene rings is 1. The Labute approximate surface area is 164 Å². The van der Waals surface area contributed by atoms with Crippen LogP contribution < -0.4 is 0 Å². The number of aryl methyl sites for hydroxylation is 1. The normalized spacial score (nSPS) is 17.3. The third-order valence-electron chi connectivity index (χ3n) is 5.46. The molecule has 1 aliphatic rings. The number of aliphatic hydroxyl groups excluding tert-OH is 1. The number of aromatic nitrogens is 1. The summed E-state index contributed by atoms with van der Waals surface area (Å²) in [5.74, 6) is 2.01. The number of rotatable bonds is 6. The van der Waals surface area contributed by atoms with Crippen molar-refractivity contribution in [2.75, 3.05) is 13.1 Å². The summed E-state index contributed by atoms with van der Waals surface area (Å²) in [6.07, 6.45) is 2.55. The van der Waals surface area contributed by atoms with Crippen LogP contribution in [0.25, 0.3) is 10.8 Å². The number of oxazole rings is 1. The fourth-order valence-electron chi connectivity index (χ4n) is 3.81. The fourth-order valence-corrected chi connectivity index (χ4v) is 4.46. The van der Waals surface area contributed by atoms with Crippen molar-refractivity contribution in [1.82, 2.24) is 9.88 Å². The van der Waals surface area contributed by atoms with Crippen molar-refractivity contribution >= 4 is 11.3 Å². The van der Waals surface area contributed by atoms with Gasteiger partial charge in [0.05, 0.1) is 16.7 Å². The summed E-state index contributed by atoms with van der Waals surface area (Å²) in [5, 5.41) is 12.7. The van der Waals surface area contributed by atoms with Crippen LogP contribution in [-0.4, -0.2) is 34.2 Å². The van der Waals surface area contributed by atoms with E-state index in [9.17, 15) is 5.11 Å². The molecule has 1 aromatic carbocycles. The second-order valence-corrected chi connectivity index (χ2v) is 8.32. The second kappa shape index (κ2) is 8.38. The van der Waals surface area contributed by atoms with Crippen molar-refractivity contribution in [3.05, 3.63) is 64.9 Å². The Morgan fingerprint density at radius 2 is 1.96 bits per heavy atom. The monoisotopic (exact) mass is 382 g/mol. The molecule has 2 aromatic heterocycles. The smallest absolute Gasteiger partial charge is 0.236 e. The van der Waals surface area contributed by atoms with Crippen molar-refractivity contribution in [3.8, 4) is 10.8 Å². The van der Waals surface area contributed by atoms with Gasteiger partial charge in [0.25, 0.3) is 0 Å². The first-order chi connectivity index (χ1) is 13.2. The van der Waals surface area contributed by atoms with Gasteiger partial charge >= 0.3 is 0 Å². The van der Waals surface area contributed by atoms with Crippen molar-refractivity contribution in [3.63, 3.8) is 0 Å². The first-order valence-corrected chi connectivity index (χ1v) is 10.5. The summed E-state index contributed by atoms with van der Waals surface area (Å²) in [4.78, 5) is 8.21. The molecule has 4 nitrogen and oxygen atoms in total. The summed E-state index contributed by atoms with van der Waals surface area (Å²) < 4.78 is 5.86. The Hall–Kier alpha value is -1.95. The highest BCUT2D eigenvalue weighted by Gasteiger charge is 2.26. The molecule has 0 amide bonds. The summed E-state index contributed by atoms with van der Waals surface area (Å²) in [6, 6.07) is 14.3. The minimum Gasteiger partial charge on any atom is -0.440 e. The van der Waals surface area contributed by atoms with Crippen LogP contribution in [0.5, 0.6) is 0 Å². The summed E-state index contributed by atoms with van der Waals surface area (Å²) in [5.41, 5.74) is 2.24. The summed E-state index contributed by atoms with van der Waals surface area (Å²) >= 11 is 1.65. The molecule has 5 heteroatoms. The zero-order chi connectivity index (χ0) is 18.6. The zero-order valence-electron chi connectivity index (χ0n) is 15.7. The predicted octanol–water partition coefficient (Wildman–Crippen LogP) is 4.53. The van der Waals surface area contributed by atoms with Gasteiger partial charge in [-0.3, -0.25) is 4.90 Å². The molecule has 3 heterocycles. The first kappa shape index (κ1) is 18.4. The Balaban J connectivity index is 1.31. The fraction of sp³-hybridized carbons (Fsp3) is 0.409. The van der Waals surface area contributed by atoms with Gasteiger partial charge in [0.2, 0.25) is 5.89 Å². The first-order valence-electron chi connectivity index (χ1n) is 9.63. The van der Waals surface area contributed by atoms with Gasteiger partial charge in [-0.2, -0.15) is 0 Å². The molecule has 1 atom stereocenters. The molecule has 27 heavy (non-hydrogen) atoms. The highest BCUT2D eigenvalue weighted by atomic mass is 32.1. The van der Waals surface area contributed by atoms with Gasteiger partial charge in [-0.15, -0.1) is 11.3 Å². The largest absolute Gasteiger partial charge is 0.440 e.